The Balaban J connectivity index is 2.21. The lowest BCUT2D eigenvalue weighted by atomic mass is 10.2. The van der Waals surface area contributed by atoms with Crippen molar-refractivity contribution in [3.05, 3.63) is 48.7 Å². The molecular weight excluding hydrogens is 240 g/mol. The number of para-hydroxylation sites is 1. The number of benzene rings is 1. The van der Waals surface area contributed by atoms with E-state index in [4.69, 9.17) is 4.42 Å². The zero-order valence-corrected chi connectivity index (χ0v) is 9.94. The summed E-state index contributed by atoms with van der Waals surface area (Å²) in [6, 6.07) is 9.04. The fraction of sp³-hybridized carbons (Fsp3) is 0.167. The van der Waals surface area contributed by atoms with Crippen molar-refractivity contribution >= 4 is 21.1 Å². The van der Waals surface area contributed by atoms with Gasteiger partial charge in [-0.1, -0.05) is 24.3 Å². The van der Waals surface area contributed by atoms with Gasteiger partial charge in [0.1, 0.15) is 17.1 Å². The van der Waals surface area contributed by atoms with Crippen LogP contribution in [0.15, 0.2) is 47.4 Å². The number of hydrogen-bond acceptors (Lipinski definition) is 4. The summed E-state index contributed by atoms with van der Waals surface area (Å²) in [5.74, 6) is 0.102. The third-order valence-corrected chi connectivity index (χ3v) is 3.29. The van der Waals surface area contributed by atoms with Crippen molar-refractivity contribution in [2.24, 2.45) is 0 Å². The van der Waals surface area contributed by atoms with Crippen molar-refractivity contribution in [1.29, 1.82) is 0 Å². The fourth-order valence-corrected chi connectivity index (χ4v) is 2.35. The molecule has 0 spiro atoms. The quantitative estimate of drug-likeness (QED) is 0.606. The van der Waals surface area contributed by atoms with E-state index in [0.29, 0.717) is 11.3 Å². The fourth-order valence-electron chi connectivity index (χ4n) is 1.48. The molecule has 1 heterocycles. The highest BCUT2D eigenvalue weighted by Gasteiger charge is 2.15. The van der Waals surface area contributed by atoms with Crippen LogP contribution in [-0.2, 0) is 20.1 Å². The van der Waals surface area contributed by atoms with E-state index in [1.807, 2.05) is 18.2 Å². The highest BCUT2D eigenvalue weighted by molar-refractivity contribution is 7.85. The second kappa shape index (κ2) is 4.73. The topological polar surface area (TPSA) is 56.5 Å². The summed E-state index contributed by atoms with van der Waals surface area (Å²) in [4.78, 5) is 0. The summed E-state index contributed by atoms with van der Waals surface area (Å²) in [5.41, 5.74) is 0.668. The van der Waals surface area contributed by atoms with Crippen molar-refractivity contribution in [2.75, 3.05) is 6.61 Å². The summed E-state index contributed by atoms with van der Waals surface area (Å²) >= 11 is 0. The number of hydrogen-bond donors (Lipinski definition) is 0. The first-order valence-corrected chi connectivity index (χ1v) is 6.64. The second-order valence-electron chi connectivity index (χ2n) is 3.53. The smallest absolute Gasteiger partial charge is 0.274 e. The predicted molar refractivity (Wildman–Crippen MR) is 65.0 cm³/mol. The van der Waals surface area contributed by atoms with Crippen LogP contribution in [0.4, 0.5) is 0 Å². The molecule has 0 aliphatic heterocycles. The first-order valence-electron chi connectivity index (χ1n) is 5.06. The van der Waals surface area contributed by atoms with Crippen molar-refractivity contribution in [3.63, 3.8) is 0 Å². The lowest BCUT2D eigenvalue weighted by Gasteiger charge is -2.00. The van der Waals surface area contributed by atoms with Crippen LogP contribution in [0.1, 0.15) is 5.76 Å². The summed E-state index contributed by atoms with van der Waals surface area (Å²) in [6.45, 7) is 3.37. The zero-order valence-electron chi connectivity index (χ0n) is 9.13. The van der Waals surface area contributed by atoms with E-state index < -0.39 is 10.1 Å². The molecule has 0 N–H and O–H groups in total. The van der Waals surface area contributed by atoms with E-state index in [-0.39, 0.29) is 12.4 Å². The van der Waals surface area contributed by atoms with Crippen molar-refractivity contribution in [1.82, 2.24) is 0 Å². The minimum atomic E-state index is -3.61. The summed E-state index contributed by atoms with van der Waals surface area (Å²) in [6.07, 6.45) is 1.39. The van der Waals surface area contributed by atoms with Gasteiger partial charge in [0.2, 0.25) is 0 Å². The maximum Gasteiger partial charge on any atom is 0.274 e. The molecule has 90 valence electrons. The van der Waals surface area contributed by atoms with Crippen LogP contribution in [0.5, 0.6) is 0 Å². The highest BCUT2D eigenvalue weighted by atomic mass is 32.2. The van der Waals surface area contributed by atoms with Crippen LogP contribution in [-0.4, -0.2) is 15.0 Å². The summed E-state index contributed by atoms with van der Waals surface area (Å²) in [7, 11) is -3.61. The molecule has 2 rings (SSSR count). The van der Waals surface area contributed by atoms with Crippen LogP contribution in [0, 0.1) is 0 Å². The number of furan rings is 1. The lowest BCUT2D eigenvalue weighted by Crippen LogP contribution is -2.08. The molecule has 5 heteroatoms. The van der Waals surface area contributed by atoms with E-state index >= 15 is 0 Å². The Morgan fingerprint density at radius 1 is 1.35 bits per heavy atom. The predicted octanol–water partition coefficient (Wildman–Crippen LogP) is 2.47. The maximum atomic E-state index is 11.5. The third kappa shape index (κ3) is 2.95. The van der Waals surface area contributed by atoms with Gasteiger partial charge in [-0.05, 0) is 12.1 Å². The average molecular weight is 252 g/mol. The Hall–Kier alpha value is -1.59. The molecule has 17 heavy (non-hydrogen) atoms. The molecule has 1 aromatic carbocycles. The van der Waals surface area contributed by atoms with E-state index in [2.05, 4.69) is 10.8 Å². The molecule has 4 nitrogen and oxygen atoms in total. The first-order chi connectivity index (χ1) is 8.11. The Bertz CT molecular complexity index is 592. The SMILES string of the molecule is C=CCOS(=O)(=O)Cc1cc2ccccc2o1. The van der Waals surface area contributed by atoms with E-state index in [0.717, 1.165) is 5.39 Å². The highest BCUT2D eigenvalue weighted by Crippen LogP contribution is 2.20. The summed E-state index contributed by atoms with van der Waals surface area (Å²) in [5, 5.41) is 0.876. The maximum absolute atomic E-state index is 11.5. The molecule has 0 atom stereocenters. The Labute approximate surface area is 99.6 Å². The van der Waals surface area contributed by atoms with Crippen molar-refractivity contribution in [3.8, 4) is 0 Å². The molecule has 0 radical (unpaired) electrons. The van der Waals surface area contributed by atoms with E-state index in [1.54, 1.807) is 12.1 Å². The van der Waals surface area contributed by atoms with Crippen LogP contribution in [0.3, 0.4) is 0 Å². The Morgan fingerprint density at radius 3 is 2.82 bits per heavy atom. The van der Waals surface area contributed by atoms with Crippen LogP contribution >= 0.6 is 0 Å². The largest absolute Gasteiger partial charge is 0.460 e. The van der Waals surface area contributed by atoms with Gasteiger partial charge in [-0.25, -0.2) is 0 Å². The van der Waals surface area contributed by atoms with Crippen LogP contribution in [0.25, 0.3) is 11.0 Å². The molecule has 0 fully saturated rings. The van der Waals surface area contributed by atoms with Gasteiger partial charge in [-0.2, -0.15) is 8.42 Å². The Morgan fingerprint density at radius 2 is 2.12 bits per heavy atom. The average Bonchev–Trinajstić information content (AvgIpc) is 2.67. The van der Waals surface area contributed by atoms with Gasteiger partial charge in [-0.3, -0.25) is 4.18 Å². The normalized spacial score (nSPS) is 11.8. The number of fused-ring (bicyclic) bond motifs is 1. The molecule has 0 unspecified atom stereocenters. The monoisotopic (exact) mass is 252 g/mol. The molecule has 0 amide bonds. The van der Waals surface area contributed by atoms with Crippen LogP contribution < -0.4 is 0 Å². The van der Waals surface area contributed by atoms with Crippen LogP contribution in [0.2, 0.25) is 0 Å². The van der Waals surface area contributed by atoms with E-state index in [9.17, 15) is 8.42 Å². The lowest BCUT2D eigenvalue weighted by molar-refractivity contribution is 0.354. The zero-order chi connectivity index (χ0) is 12.3. The molecule has 0 bridgehead atoms. The van der Waals surface area contributed by atoms with Gasteiger partial charge in [0.15, 0.2) is 0 Å². The third-order valence-electron chi connectivity index (χ3n) is 2.16. The molecule has 1 aromatic heterocycles. The standard InChI is InChI=1S/C12H12O4S/c1-2-7-15-17(13,14)9-11-8-10-5-3-4-6-12(10)16-11/h2-6,8H,1,7,9H2. The van der Waals surface area contributed by atoms with Gasteiger partial charge < -0.3 is 4.42 Å². The van der Waals surface area contributed by atoms with Gasteiger partial charge >= 0.3 is 0 Å². The van der Waals surface area contributed by atoms with Gasteiger partial charge in [0.25, 0.3) is 10.1 Å². The van der Waals surface area contributed by atoms with Gasteiger partial charge in [0.05, 0.1) is 6.61 Å². The van der Waals surface area contributed by atoms with Gasteiger partial charge in [0, 0.05) is 5.39 Å². The molecule has 0 saturated carbocycles. The first kappa shape index (κ1) is 11.9. The molecule has 0 aliphatic carbocycles. The Kier molecular flexibility index (Phi) is 3.31. The van der Waals surface area contributed by atoms with E-state index in [1.165, 1.54) is 6.08 Å². The molecular formula is C12H12O4S. The molecule has 2 aromatic rings. The van der Waals surface area contributed by atoms with Crippen molar-refractivity contribution in [2.45, 2.75) is 5.75 Å². The minimum absolute atomic E-state index is 0.0252. The second-order valence-corrected chi connectivity index (χ2v) is 5.17. The van der Waals surface area contributed by atoms with Crippen molar-refractivity contribution < 1.29 is 17.0 Å². The minimum Gasteiger partial charge on any atom is -0.460 e. The molecule has 0 saturated heterocycles. The molecule has 0 aliphatic rings. The number of rotatable bonds is 5. The van der Waals surface area contributed by atoms with Gasteiger partial charge in [-0.15, -0.1) is 6.58 Å². The summed E-state index contributed by atoms with van der Waals surface area (Å²) < 4.78 is 33.1.